The van der Waals surface area contributed by atoms with E-state index in [1.165, 1.54) is 5.56 Å². The van der Waals surface area contributed by atoms with Crippen LogP contribution in [0.5, 0.6) is 5.75 Å². The molecule has 4 heteroatoms. The molecule has 0 bridgehead atoms. The van der Waals surface area contributed by atoms with Crippen LogP contribution in [-0.4, -0.2) is 36.1 Å². The summed E-state index contributed by atoms with van der Waals surface area (Å²) >= 11 is 0. The van der Waals surface area contributed by atoms with Crippen molar-refractivity contribution in [2.45, 2.75) is 31.7 Å². The average molecular weight is 274 g/mol. The number of phenolic OH excluding ortho intramolecular Hbond substituents is 1. The fourth-order valence-electron chi connectivity index (χ4n) is 3.67. The lowest BCUT2D eigenvalue weighted by Gasteiger charge is -2.35. The molecular formula is C16H22N2O2. The molecule has 0 saturated carbocycles. The number of carbonyl (C=O) groups excluding carboxylic acids is 1. The first-order chi connectivity index (χ1) is 9.70. The molecule has 1 atom stereocenters. The van der Waals surface area contributed by atoms with Gasteiger partial charge in [-0.15, -0.1) is 0 Å². The fourth-order valence-corrected chi connectivity index (χ4v) is 3.67. The molecular weight excluding hydrogens is 252 g/mol. The zero-order valence-electron chi connectivity index (χ0n) is 11.9. The van der Waals surface area contributed by atoms with Crippen LogP contribution in [0.3, 0.4) is 0 Å². The Morgan fingerprint density at radius 2 is 2.05 bits per heavy atom. The van der Waals surface area contributed by atoms with E-state index < -0.39 is 0 Å². The molecule has 1 aliphatic carbocycles. The van der Waals surface area contributed by atoms with E-state index >= 15 is 0 Å². The van der Waals surface area contributed by atoms with Gasteiger partial charge in [-0.05, 0) is 56.0 Å². The van der Waals surface area contributed by atoms with Crippen LogP contribution < -0.4 is 5.32 Å². The van der Waals surface area contributed by atoms with Gasteiger partial charge in [0.05, 0.1) is 0 Å². The van der Waals surface area contributed by atoms with Crippen molar-refractivity contribution in [3.63, 3.8) is 0 Å². The molecule has 0 radical (unpaired) electrons. The Kier molecular flexibility index (Phi) is 3.66. The van der Waals surface area contributed by atoms with E-state index in [1.54, 1.807) is 13.1 Å². The predicted octanol–water partition coefficient (Wildman–Crippen LogP) is 1.84. The van der Waals surface area contributed by atoms with E-state index in [2.05, 4.69) is 16.3 Å². The molecule has 1 aromatic carbocycles. The first kappa shape index (κ1) is 13.4. The normalized spacial score (nSPS) is 23.6. The Bertz CT molecular complexity index is 507. The highest BCUT2D eigenvalue weighted by Crippen LogP contribution is 2.41. The maximum Gasteiger partial charge on any atom is 0.222 e. The molecule has 1 saturated heterocycles. The van der Waals surface area contributed by atoms with Gasteiger partial charge in [0.1, 0.15) is 5.75 Å². The predicted molar refractivity (Wildman–Crippen MR) is 77.5 cm³/mol. The zero-order chi connectivity index (χ0) is 14.1. The van der Waals surface area contributed by atoms with Crippen molar-refractivity contribution >= 4 is 5.91 Å². The number of amides is 1. The van der Waals surface area contributed by atoms with Crippen molar-refractivity contribution < 1.29 is 9.90 Å². The lowest BCUT2D eigenvalue weighted by Crippen LogP contribution is -2.40. The van der Waals surface area contributed by atoms with Crippen LogP contribution in [0.1, 0.15) is 36.4 Å². The highest BCUT2D eigenvalue weighted by Gasteiger charge is 2.33. The molecule has 2 aliphatic rings. The van der Waals surface area contributed by atoms with Crippen molar-refractivity contribution in [1.82, 2.24) is 10.2 Å². The molecule has 0 aromatic heterocycles. The van der Waals surface area contributed by atoms with E-state index in [1.807, 2.05) is 6.07 Å². The molecule has 1 aromatic rings. The summed E-state index contributed by atoms with van der Waals surface area (Å²) in [7, 11) is 1.71. The highest BCUT2D eigenvalue weighted by atomic mass is 16.3. The summed E-state index contributed by atoms with van der Waals surface area (Å²) in [6, 6.07) is 6.27. The number of hydrogen-bond acceptors (Lipinski definition) is 3. The smallest absolute Gasteiger partial charge is 0.222 e. The monoisotopic (exact) mass is 274 g/mol. The van der Waals surface area contributed by atoms with Crippen LogP contribution >= 0.6 is 0 Å². The standard InChI is InChI=1S/C16H22N2O2/c1-17-16(20)11-7-9-18(10-8-11)14-6-5-13-12(14)3-2-4-15(13)19/h2-4,11,14,19H,5-10H2,1H3,(H,17,20). The summed E-state index contributed by atoms with van der Waals surface area (Å²) < 4.78 is 0. The van der Waals surface area contributed by atoms with Crippen LogP contribution in [0, 0.1) is 5.92 Å². The summed E-state index contributed by atoms with van der Waals surface area (Å²) in [5, 5.41) is 12.7. The highest BCUT2D eigenvalue weighted by molar-refractivity contribution is 5.78. The van der Waals surface area contributed by atoms with Crippen LogP contribution in [0.15, 0.2) is 18.2 Å². The zero-order valence-corrected chi connectivity index (χ0v) is 11.9. The van der Waals surface area contributed by atoms with Gasteiger partial charge in [0.25, 0.3) is 0 Å². The van der Waals surface area contributed by atoms with E-state index in [4.69, 9.17) is 0 Å². The quantitative estimate of drug-likeness (QED) is 0.865. The Morgan fingerprint density at radius 3 is 2.75 bits per heavy atom. The van der Waals surface area contributed by atoms with Gasteiger partial charge in [0.15, 0.2) is 0 Å². The van der Waals surface area contributed by atoms with Crippen molar-refractivity contribution in [1.29, 1.82) is 0 Å². The first-order valence-corrected chi connectivity index (χ1v) is 7.47. The molecule has 1 amide bonds. The van der Waals surface area contributed by atoms with E-state index in [-0.39, 0.29) is 11.8 Å². The summed E-state index contributed by atoms with van der Waals surface area (Å²) in [4.78, 5) is 14.2. The van der Waals surface area contributed by atoms with Crippen molar-refractivity contribution in [2.75, 3.05) is 20.1 Å². The van der Waals surface area contributed by atoms with E-state index in [0.717, 1.165) is 44.3 Å². The number of piperidine rings is 1. The number of rotatable bonds is 2. The third-order valence-corrected chi connectivity index (χ3v) is 4.80. The van der Waals surface area contributed by atoms with Gasteiger partial charge in [0, 0.05) is 19.0 Å². The minimum absolute atomic E-state index is 0.168. The molecule has 2 N–H and O–H groups in total. The number of carbonyl (C=O) groups is 1. The summed E-state index contributed by atoms with van der Waals surface area (Å²) in [6.45, 7) is 1.94. The van der Waals surface area contributed by atoms with E-state index in [9.17, 15) is 9.90 Å². The molecule has 108 valence electrons. The Balaban J connectivity index is 1.69. The van der Waals surface area contributed by atoms with Gasteiger partial charge in [-0.1, -0.05) is 12.1 Å². The minimum atomic E-state index is 0.168. The van der Waals surface area contributed by atoms with Gasteiger partial charge >= 0.3 is 0 Å². The lowest BCUT2D eigenvalue weighted by molar-refractivity contribution is -0.126. The van der Waals surface area contributed by atoms with Crippen molar-refractivity contribution in [3.8, 4) is 5.75 Å². The van der Waals surface area contributed by atoms with Gasteiger partial charge < -0.3 is 10.4 Å². The molecule has 1 aliphatic heterocycles. The minimum Gasteiger partial charge on any atom is -0.508 e. The summed E-state index contributed by atoms with van der Waals surface area (Å²) in [5.74, 6) is 0.778. The van der Waals surface area contributed by atoms with Crippen molar-refractivity contribution in [2.24, 2.45) is 5.92 Å². The second kappa shape index (κ2) is 5.44. The van der Waals surface area contributed by atoms with Gasteiger partial charge in [-0.2, -0.15) is 0 Å². The molecule has 1 fully saturated rings. The van der Waals surface area contributed by atoms with Crippen LogP contribution in [0.2, 0.25) is 0 Å². The number of nitrogens with zero attached hydrogens (tertiary/aromatic N) is 1. The van der Waals surface area contributed by atoms with Crippen LogP contribution in [0.25, 0.3) is 0 Å². The Labute approximate surface area is 119 Å². The third kappa shape index (κ3) is 2.29. The van der Waals surface area contributed by atoms with Gasteiger partial charge in [-0.25, -0.2) is 0 Å². The second-order valence-electron chi connectivity index (χ2n) is 5.82. The summed E-state index contributed by atoms with van der Waals surface area (Å²) in [6.07, 6.45) is 3.91. The van der Waals surface area contributed by atoms with E-state index in [0.29, 0.717) is 11.8 Å². The Hall–Kier alpha value is -1.55. The first-order valence-electron chi connectivity index (χ1n) is 7.47. The maximum atomic E-state index is 11.7. The maximum absolute atomic E-state index is 11.7. The number of benzene rings is 1. The number of hydrogen-bond donors (Lipinski definition) is 2. The largest absolute Gasteiger partial charge is 0.508 e. The second-order valence-corrected chi connectivity index (χ2v) is 5.82. The molecule has 1 heterocycles. The van der Waals surface area contributed by atoms with Crippen molar-refractivity contribution in [3.05, 3.63) is 29.3 Å². The number of nitrogens with one attached hydrogen (secondary N) is 1. The summed E-state index contributed by atoms with van der Waals surface area (Å²) in [5.41, 5.74) is 2.40. The average Bonchev–Trinajstić information content (AvgIpc) is 2.92. The molecule has 4 nitrogen and oxygen atoms in total. The molecule has 1 unspecified atom stereocenters. The number of phenols is 1. The number of likely N-dealkylation sites (tertiary alicyclic amines) is 1. The van der Waals surface area contributed by atoms with Crippen LogP contribution in [-0.2, 0) is 11.2 Å². The number of aromatic hydroxyl groups is 1. The fraction of sp³-hybridized carbons (Fsp3) is 0.562. The molecule has 20 heavy (non-hydrogen) atoms. The third-order valence-electron chi connectivity index (χ3n) is 4.80. The number of fused-ring (bicyclic) bond motifs is 1. The van der Waals surface area contributed by atoms with Crippen LogP contribution in [0.4, 0.5) is 0 Å². The van der Waals surface area contributed by atoms with Gasteiger partial charge in [-0.3, -0.25) is 9.69 Å². The topological polar surface area (TPSA) is 52.6 Å². The lowest BCUT2D eigenvalue weighted by atomic mass is 9.94. The van der Waals surface area contributed by atoms with Gasteiger partial charge in [0.2, 0.25) is 5.91 Å². The Morgan fingerprint density at radius 1 is 1.30 bits per heavy atom. The molecule has 3 rings (SSSR count). The molecule has 0 spiro atoms. The SMILES string of the molecule is CNC(=O)C1CCN(C2CCc3c(O)cccc32)CC1.